The first kappa shape index (κ1) is 24.4. The Labute approximate surface area is 201 Å². The second-order valence-electron chi connectivity index (χ2n) is 9.29. The summed E-state index contributed by atoms with van der Waals surface area (Å²) in [7, 11) is 0. The standard InChI is InChI=1S/C24H29F3N2O6/c25-24(26,27)14-32-11-15-1-2-20-17(7-15)8-16(12-34-20)9-19(30)18-10-23-29(28-18)4-3-21(35-23)22-13-31-5-6-33-22/h1-2,7,10,16,18,21-22,28H,3-6,8-9,11-14H2. The summed E-state index contributed by atoms with van der Waals surface area (Å²) in [5, 5.41) is 1.86. The monoisotopic (exact) mass is 498 g/mol. The first-order valence-electron chi connectivity index (χ1n) is 11.9. The maximum atomic E-state index is 13.0. The fourth-order valence-electron chi connectivity index (χ4n) is 4.82. The summed E-state index contributed by atoms with van der Waals surface area (Å²) in [5.41, 5.74) is 4.73. The predicted octanol–water partition coefficient (Wildman–Crippen LogP) is 2.51. The molecule has 0 aliphatic carbocycles. The summed E-state index contributed by atoms with van der Waals surface area (Å²) >= 11 is 0. The van der Waals surface area contributed by atoms with E-state index in [4.69, 9.17) is 23.7 Å². The maximum Gasteiger partial charge on any atom is 0.411 e. The molecule has 0 aromatic heterocycles. The Kier molecular flexibility index (Phi) is 7.19. The number of hydrogen-bond donors (Lipinski definition) is 1. The number of ketones is 1. The molecule has 1 aromatic rings. The molecule has 0 bridgehead atoms. The van der Waals surface area contributed by atoms with Crippen molar-refractivity contribution in [2.24, 2.45) is 5.92 Å². The van der Waals surface area contributed by atoms with Crippen molar-refractivity contribution in [2.75, 3.05) is 39.6 Å². The Morgan fingerprint density at radius 3 is 2.89 bits per heavy atom. The number of nitrogens with zero attached hydrogens (tertiary/aromatic N) is 1. The van der Waals surface area contributed by atoms with Crippen molar-refractivity contribution in [2.45, 2.75) is 50.3 Å². The van der Waals surface area contributed by atoms with Crippen molar-refractivity contribution in [3.8, 4) is 5.75 Å². The van der Waals surface area contributed by atoms with Crippen LogP contribution in [0.5, 0.6) is 5.75 Å². The van der Waals surface area contributed by atoms with Crippen molar-refractivity contribution >= 4 is 5.78 Å². The molecule has 5 rings (SSSR count). The minimum Gasteiger partial charge on any atom is -0.493 e. The SMILES string of the molecule is O=C(CC1COc2ccc(COCC(F)(F)F)cc2C1)C1C=C2OC(C3COCCO3)CCN2N1. The van der Waals surface area contributed by atoms with E-state index in [0.29, 0.717) is 63.0 Å². The van der Waals surface area contributed by atoms with Crippen LogP contribution in [0.1, 0.15) is 24.0 Å². The zero-order chi connectivity index (χ0) is 24.4. The number of halogens is 3. The van der Waals surface area contributed by atoms with E-state index in [1.165, 1.54) is 0 Å². The highest BCUT2D eigenvalue weighted by Gasteiger charge is 2.38. The fourth-order valence-corrected chi connectivity index (χ4v) is 4.82. The van der Waals surface area contributed by atoms with E-state index in [9.17, 15) is 18.0 Å². The van der Waals surface area contributed by atoms with Gasteiger partial charge in [0.05, 0.1) is 33.0 Å². The van der Waals surface area contributed by atoms with Crippen LogP contribution in [0.2, 0.25) is 0 Å². The Bertz CT molecular complexity index is 950. The van der Waals surface area contributed by atoms with Gasteiger partial charge in [-0.25, -0.2) is 5.43 Å². The number of hydrogen-bond acceptors (Lipinski definition) is 8. The van der Waals surface area contributed by atoms with Gasteiger partial charge >= 0.3 is 6.18 Å². The molecule has 4 aliphatic rings. The number of nitrogens with one attached hydrogen (secondary N) is 1. The first-order valence-corrected chi connectivity index (χ1v) is 11.9. The lowest BCUT2D eigenvalue weighted by molar-refractivity contribution is -0.176. The van der Waals surface area contributed by atoms with Crippen LogP contribution in [0, 0.1) is 5.92 Å². The van der Waals surface area contributed by atoms with E-state index >= 15 is 0 Å². The van der Waals surface area contributed by atoms with Crippen molar-refractivity contribution in [3.05, 3.63) is 41.3 Å². The quantitative estimate of drug-likeness (QED) is 0.615. The van der Waals surface area contributed by atoms with Crippen LogP contribution in [-0.2, 0) is 36.8 Å². The highest BCUT2D eigenvalue weighted by Crippen LogP contribution is 2.32. The van der Waals surface area contributed by atoms with E-state index < -0.39 is 18.8 Å². The molecule has 2 saturated heterocycles. The average molecular weight is 498 g/mol. The summed E-state index contributed by atoms with van der Waals surface area (Å²) in [6.07, 6.45) is -1.07. The van der Waals surface area contributed by atoms with E-state index in [1.54, 1.807) is 18.2 Å². The molecular weight excluding hydrogens is 469 g/mol. The van der Waals surface area contributed by atoms with Gasteiger partial charge in [0.2, 0.25) is 5.88 Å². The highest BCUT2D eigenvalue weighted by molar-refractivity contribution is 5.86. The highest BCUT2D eigenvalue weighted by atomic mass is 19.4. The number of rotatable bonds is 7. The second-order valence-corrected chi connectivity index (χ2v) is 9.29. The van der Waals surface area contributed by atoms with Gasteiger partial charge < -0.3 is 23.7 Å². The number of Topliss-reactive ketones (excluding diaryl/α,β-unsaturated/α-hetero) is 1. The van der Waals surface area contributed by atoms with Crippen molar-refractivity contribution in [3.63, 3.8) is 0 Å². The van der Waals surface area contributed by atoms with Gasteiger partial charge in [0.1, 0.15) is 30.6 Å². The number of alkyl halides is 3. The molecule has 35 heavy (non-hydrogen) atoms. The van der Waals surface area contributed by atoms with E-state index in [2.05, 4.69) is 5.43 Å². The van der Waals surface area contributed by atoms with Gasteiger partial charge in [0.25, 0.3) is 0 Å². The number of hydrazine groups is 1. The number of fused-ring (bicyclic) bond motifs is 2. The van der Waals surface area contributed by atoms with Gasteiger partial charge in [-0.1, -0.05) is 6.07 Å². The molecule has 4 atom stereocenters. The topological polar surface area (TPSA) is 78.5 Å². The van der Waals surface area contributed by atoms with Crippen molar-refractivity contribution in [1.82, 2.24) is 10.4 Å². The lowest BCUT2D eigenvalue weighted by atomic mass is 9.90. The summed E-state index contributed by atoms with van der Waals surface area (Å²) in [6, 6.07) is 4.76. The molecule has 0 amide bonds. The first-order chi connectivity index (χ1) is 16.8. The van der Waals surface area contributed by atoms with Crippen molar-refractivity contribution in [1.29, 1.82) is 0 Å². The molecule has 1 aromatic carbocycles. The smallest absolute Gasteiger partial charge is 0.411 e. The number of benzene rings is 1. The molecule has 4 aliphatic heterocycles. The van der Waals surface area contributed by atoms with Crippen LogP contribution in [-0.4, -0.2) is 74.8 Å². The molecule has 8 nitrogen and oxygen atoms in total. The minimum atomic E-state index is -4.36. The normalized spacial score (nSPS) is 28.4. The molecule has 192 valence electrons. The van der Waals surface area contributed by atoms with E-state index in [-0.39, 0.29) is 30.5 Å². The maximum absolute atomic E-state index is 13.0. The largest absolute Gasteiger partial charge is 0.493 e. The average Bonchev–Trinajstić information content (AvgIpc) is 3.27. The fraction of sp³-hybridized carbons (Fsp3) is 0.625. The van der Waals surface area contributed by atoms with Gasteiger partial charge in [-0.2, -0.15) is 13.2 Å². The van der Waals surface area contributed by atoms with Crippen LogP contribution in [0.4, 0.5) is 13.2 Å². The van der Waals surface area contributed by atoms with Gasteiger partial charge in [0.15, 0.2) is 5.78 Å². The molecule has 2 fully saturated rings. The van der Waals surface area contributed by atoms with Crippen LogP contribution < -0.4 is 10.2 Å². The lowest BCUT2D eigenvalue weighted by Crippen LogP contribution is -2.49. The molecule has 4 heterocycles. The number of carbonyl (C=O) groups is 1. The Balaban J connectivity index is 1.14. The van der Waals surface area contributed by atoms with E-state index in [0.717, 1.165) is 12.0 Å². The lowest BCUT2D eigenvalue weighted by Gasteiger charge is -2.37. The molecule has 0 saturated carbocycles. The van der Waals surface area contributed by atoms with Gasteiger partial charge in [-0.15, -0.1) is 0 Å². The Hall–Kier alpha value is -2.34. The second kappa shape index (κ2) is 10.3. The summed E-state index contributed by atoms with van der Waals surface area (Å²) in [6.45, 7) is 1.36. The molecule has 4 unspecified atom stereocenters. The summed E-state index contributed by atoms with van der Waals surface area (Å²) < 4.78 is 64.9. The van der Waals surface area contributed by atoms with Gasteiger partial charge in [0, 0.05) is 31.4 Å². The number of ether oxygens (including phenoxy) is 5. The van der Waals surface area contributed by atoms with Crippen LogP contribution in [0.25, 0.3) is 0 Å². The zero-order valence-electron chi connectivity index (χ0n) is 19.2. The molecular formula is C24H29F3N2O6. The number of carbonyl (C=O) groups excluding carboxylic acids is 1. The third-order valence-corrected chi connectivity index (χ3v) is 6.52. The van der Waals surface area contributed by atoms with Gasteiger partial charge in [-0.3, -0.25) is 9.80 Å². The Morgan fingerprint density at radius 2 is 2.09 bits per heavy atom. The van der Waals surface area contributed by atoms with Crippen LogP contribution in [0.15, 0.2) is 30.2 Å². The van der Waals surface area contributed by atoms with Crippen LogP contribution >= 0.6 is 0 Å². The zero-order valence-corrected chi connectivity index (χ0v) is 19.2. The van der Waals surface area contributed by atoms with Crippen molar-refractivity contribution < 1.29 is 41.7 Å². The minimum absolute atomic E-state index is 0.0272. The molecule has 1 N–H and O–H groups in total. The molecule has 0 radical (unpaired) electrons. The molecule has 0 spiro atoms. The van der Waals surface area contributed by atoms with Gasteiger partial charge in [-0.05, 0) is 29.7 Å². The molecule has 11 heteroatoms. The third kappa shape index (κ3) is 6.08. The summed E-state index contributed by atoms with van der Waals surface area (Å²) in [5.74, 6) is 1.34. The summed E-state index contributed by atoms with van der Waals surface area (Å²) in [4.78, 5) is 13.0. The Morgan fingerprint density at radius 1 is 1.20 bits per heavy atom. The predicted molar refractivity (Wildman–Crippen MR) is 116 cm³/mol. The van der Waals surface area contributed by atoms with Crippen LogP contribution in [0.3, 0.4) is 0 Å². The van der Waals surface area contributed by atoms with E-state index in [1.807, 2.05) is 11.1 Å². The third-order valence-electron chi connectivity index (χ3n) is 6.52.